The fourth-order valence-electron chi connectivity index (χ4n) is 2.87. The Labute approximate surface area is 143 Å². The van der Waals surface area contributed by atoms with Crippen LogP contribution in [-0.2, 0) is 11.3 Å². The van der Waals surface area contributed by atoms with E-state index in [-0.39, 0.29) is 17.8 Å². The Morgan fingerprint density at radius 2 is 1.79 bits per heavy atom. The highest BCUT2D eigenvalue weighted by molar-refractivity contribution is 5.95. The molecular weight excluding hydrogens is 303 g/mol. The van der Waals surface area contributed by atoms with Crippen LogP contribution >= 0.6 is 0 Å². The number of amides is 1. The molecule has 2 aromatic rings. The van der Waals surface area contributed by atoms with Gasteiger partial charge in [0.15, 0.2) is 0 Å². The molecule has 0 aliphatic carbocycles. The molecule has 0 saturated heterocycles. The van der Waals surface area contributed by atoms with Crippen molar-refractivity contribution in [1.82, 2.24) is 4.90 Å². The molecule has 1 atom stereocenters. The zero-order valence-electron chi connectivity index (χ0n) is 15.0. The van der Waals surface area contributed by atoms with Crippen LogP contribution in [0.4, 0.5) is 10.1 Å². The summed E-state index contributed by atoms with van der Waals surface area (Å²) in [5.41, 5.74) is 5.01. The zero-order chi connectivity index (χ0) is 17.9. The number of nitrogens with one attached hydrogen (secondary N) is 1. The van der Waals surface area contributed by atoms with Gasteiger partial charge in [0.25, 0.3) is 0 Å². The minimum absolute atomic E-state index is 0.0658. The lowest BCUT2D eigenvalue weighted by molar-refractivity contribution is -0.120. The van der Waals surface area contributed by atoms with Gasteiger partial charge < -0.3 is 5.32 Å². The molecule has 1 N–H and O–H groups in total. The van der Waals surface area contributed by atoms with Gasteiger partial charge in [0.1, 0.15) is 5.82 Å². The normalized spacial score (nSPS) is 12.3. The first-order valence-corrected chi connectivity index (χ1v) is 8.11. The van der Waals surface area contributed by atoms with Gasteiger partial charge in [-0.25, -0.2) is 4.39 Å². The highest BCUT2D eigenvalue weighted by Crippen LogP contribution is 2.22. The third-order valence-electron chi connectivity index (χ3n) is 4.29. The predicted octanol–water partition coefficient (Wildman–Crippen LogP) is 4.21. The first kappa shape index (κ1) is 18.1. The number of hydrogen-bond donors (Lipinski definition) is 1. The minimum Gasteiger partial charge on any atom is -0.324 e. The van der Waals surface area contributed by atoms with Crippen molar-refractivity contribution >= 4 is 11.6 Å². The van der Waals surface area contributed by atoms with Crippen LogP contribution < -0.4 is 5.32 Å². The summed E-state index contributed by atoms with van der Waals surface area (Å²) in [5, 5.41) is 3.03. The average molecular weight is 328 g/mol. The molecule has 0 aromatic heterocycles. The lowest BCUT2D eigenvalue weighted by Gasteiger charge is -2.25. The molecule has 2 rings (SSSR count). The molecule has 1 amide bonds. The summed E-state index contributed by atoms with van der Waals surface area (Å²) in [6, 6.07) is 10.3. The van der Waals surface area contributed by atoms with Gasteiger partial charge in [0, 0.05) is 12.2 Å². The van der Waals surface area contributed by atoms with Crippen LogP contribution in [0.2, 0.25) is 0 Å². The molecule has 0 heterocycles. The maximum absolute atomic E-state index is 13.3. The molecule has 4 heteroatoms. The third-order valence-corrected chi connectivity index (χ3v) is 4.29. The van der Waals surface area contributed by atoms with Crippen LogP contribution in [0.1, 0.15) is 29.2 Å². The van der Waals surface area contributed by atoms with E-state index in [9.17, 15) is 9.18 Å². The summed E-state index contributed by atoms with van der Waals surface area (Å²) in [5.74, 6) is -0.326. The van der Waals surface area contributed by atoms with Crippen molar-refractivity contribution < 1.29 is 9.18 Å². The molecule has 0 spiro atoms. The molecule has 0 radical (unpaired) electrons. The average Bonchev–Trinajstić information content (AvgIpc) is 2.49. The van der Waals surface area contributed by atoms with E-state index in [1.54, 1.807) is 6.07 Å². The second-order valence-corrected chi connectivity index (χ2v) is 6.48. The van der Waals surface area contributed by atoms with E-state index in [2.05, 4.69) is 17.4 Å². The van der Waals surface area contributed by atoms with E-state index in [1.807, 2.05) is 45.7 Å². The topological polar surface area (TPSA) is 32.3 Å². The molecule has 0 fully saturated rings. The number of benzene rings is 2. The van der Waals surface area contributed by atoms with Gasteiger partial charge in [-0.1, -0.05) is 29.8 Å². The smallest absolute Gasteiger partial charge is 0.241 e. The molecule has 0 unspecified atom stereocenters. The van der Waals surface area contributed by atoms with E-state index in [4.69, 9.17) is 0 Å². The SMILES string of the molecule is Cc1cc(C)c(NC(=O)[C@H](C)N(C)Cc2cccc(F)c2)c(C)c1. The first-order chi connectivity index (χ1) is 11.3. The molecule has 2 aromatic carbocycles. The van der Waals surface area contributed by atoms with Gasteiger partial charge in [0.05, 0.1) is 6.04 Å². The maximum atomic E-state index is 13.3. The Balaban J connectivity index is 2.06. The number of carbonyl (C=O) groups is 1. The van der Waals surface area contributed by atoms with Gasteiger partial charge in [-0.05, 0) is 63.6 Å². The molecule has 0 bridgehead atoms. The van der Waals surface area contributed by atoms with Crippen LogP contribution in [0.3, 0.4) is 0 Å². The second-order valence-electron chi connectivity index (χ2n) is 6.48. The monoisotopic (exact) mass is 328 g/mol. The number of hydrogen-bond acceptors (Lipinski definition) is 2. The molecule has 128 valence electrons. The fraction of sp³-hybridized carbons (Fsp3) is 0.350. The lowest BCUT2D eigenvalue weighted by Crippen LogP contribution is -2.39. The van der Waals surface area contributed by atoms with Crippen molar-refractivity contribution in [3.8, 4) is 0 Å². The van der Waals surface area contributed by atoms with Gasteiger partial charge in [0.2, 0.25) is 5.91 Å². The van der Waals surface area contributed by atoms with Crippen LogP contribution in [0.5, 0.6) is 0 Å². The molecule has 3 nitrogen and oxygen atoms in total. The lowest BCUT2D eigenvalue weighted by atomic mass is 10.0. The van der Waals surface area contributed by atoms with E-state index < -0.39 is 0 Å². The minimum atomic E-state index is -0.326. The predicted molar refractivity (Wildman–Crippen MR) is 96.6 cm³/mol. The van der Waals surface area contributed by atoms with Crippen LogP contribution in [-0.4, -0.2) is 23.9 Å². The first-order valence-electron chi connectivity index (χ1n) is 8.11. The quantitative estimate of drug-likeness (QED) is 0.892. The fourth-order valence-corrected chi connectivity index (χ4v) is 2.87. The Morgan fingerprint density at radius 3 is 2.38 bits per heavy atom. The van der Waals surface area contributed by atoms with Crippen molar-refractivity contribution in [3.05, 3.63) is 64.5 Å². The van der Waals surface area contributed by atoms with Crippen molar-refractivity contribution in [3.63, 3.8) is 0 Å². The number of nitrogens with zero attached hydrogens (tertiary/aromatic N) is 1. The van der Waals surface area contributed by atoms with Crippen molar-refractivity contribution in [1.29, 1.82) is 0 Å². The summed E-state index contributed by atoms with van der Waals surface area (Å²) in [6.07, 6.45) is 0. The molecule has 0 saturated carbocycles. The van der Waals surface area contributed by atoms with Crippen LogP contribution in [0, 0.1) is 26.6 Å². The van der Waals surface area contributed by atoms with Gasteiger partial charge in [-0.15, -0.1) is 0 Å². The van der Waals surface area contributed by atoms with Crippen LogP contribution in [0.25, 0.3) is 0 Å². The maximum Gasteiger partial charge on any atom is 0.241 e. The van der Waals surface area contributed by atoms with Gasteiger partial charge >= 0.3 is 0 Å². The van der Waals surface area contributed by atoms with Gasteiger partial charge in [-0.2, -0.15) is 0 Å². The second kappa shape index (κ2) is 7.58. The molecule has 0 aliphatic heterocycles. The summed E-state index contributed by atoms with van der Waals surface area (Å²) in [6.45, 7) is 8.40. The summed E-state index contributed by atoms with van der Waals surface area (Å²) >= 11 is 0. The summed E-state index contributed by atoms with van der Waals surface area (Å²) in [7, 11) is 1.87. The summed E-state index contributed by atoms with van der Waals surface area (Å²) in [4.78, 5) is 14.5. The van der Waals surface area contributed by atoms with E-state index >= 15 is 0 Å². The Hall–Kier alpha value is -2.20. The van der Waals surface area contributed by atoms with Crippen LogP contribution in [0.15, 0.2) is 36.4 Å². The van der Waals surface area contributed by atoms with Gasteiger partial charge in [-0.3, -0.25) is 9.69 Å². The molecular formula is C20H25FN2O. The third kappa shape index (κ3) is 4.42. The van der Waals surface area contributed by atoms with Crippen molar-refractivity contribution in [2.24, 2.45) is 0 Å². The number of likely N-dealkylation sites (N-methyl/N-ethyl adjacent to an activating group) is 1. The van der Waals surface area contributed by atoms with Crippen molar-refractivity contribution in [2.45, 2.75) is 40.3 Å². The number of rotatable bonds is 5. The molecule has 0 aliphatic rings. The number of halogens is 1. The Morgan fingerprint density at radius 1 is 1.17 bits per heavy atom. The zero-order valence-corrected chi connectivity index (χ0v) is 15.0. The number of anilines is 1. The summed E-state index contributed by atoms with van der Waals surface area (Å²) < 4.78 is 13.3. The molecule has 24 heavy (non-hydrogen) atoms. The van der Waals surface area contributed by atoms with E-state index in [0.29, 0.717) is 6.54 Å². The van der Waals surface area contributed by atoms with E-state index in [1.165, 1.54) is 17.7 Å². The van der Waals surface area contributed by atoms with E-state index in [0.717, 1.165) is 22.4 Å². The highest BCUT2D eigenvalue weighted by Gasteiger charge is 2.19. The number of aryl methyl sites for hydroxylation is 3. The standard InChI is InChI=1S/C20H25FN2O/c1-13-9-14(2)19(15(3)10-13)22-20(24)16(4)23(5)12-17-7-6-8-18(21)11-17/h6-11,16H,12H2,1-5H3,(H,22,24)/t16-/m0/s1. The highest BCUT2D eigenvalue weighted by atomic mass is 19.1. The number of carbonyl (C=O) groups excluding carboxylic acids is 1. The van der Waals surface area contributed by atoms with Crippen molar-refractivity contribution in [2.75, 3.05) is 12.4 Å². The largest absolute Gasteiger partial charge is 0.324 e. The Bertz CT molecular complexity index is 719. The Kier molecular flexibility index (Phi) is 5.73.